The second kappa shape index (κ2) is 7.02. The molecule has 28 heavy (non-hydrogen) atoms. The van der Waals surface area contributed by atoms with Crippen molar-refractivity contribution in [3.8, 4) is 0 Å². The van der Waals surface area contributed by atoms with Crippen LogP contribution in [0.3, 0.4) is 0 Å². The van der Waals surface area contributed by atoms with Gasteiger partial charge in [-0.1, -0.05) is 19.9 Å². The summed E-state index contributed by atoms with van der Waals surface area (Å²) < 4.78 is 14.2. The number of carbonyl (C=O) groups is 2. The second-order valence-corrected chi connectivity index (χ2v) is 7.31. The molecule has 2 aromatic heterocycles. The molecule has 3 N–H and O–H groups in total. The maximum absolute atomic E-state index is 14.2. The van der Waals surface area contributed by atoms with Gasteiger partial charge in [-0.2, -0.15) is 10.1 Å². The molecule has 0 spiro atoms. The van der Waals surface area contributed by atoms with Gasteiger partial charge in [-0.15, -0.1) is 5.10 Å². The normalized spacial score (nSPS) is 17.1. The Kier molecular flexibility index (Phi) is 4.54. The van der Waals surface area contributed by atoms with E-state index in [2.05, 4.69) is 44.5 Å². The van der Waals surface area contributed by atoms with E-state index in [1.54, 1.807) is 12.1 Å². The first-order chi connectivity index (χ1) is 13.4. The molecular weight excluding hydrogens is 365 g/mol. The predicted octanol–water partition coefficient (Wildman–Crippen LogP) is 2.01. The first-order valence-electron chi connectivity index (χ1n) is 9.07. The van der Waals surface area contributed by atoms with Crippen LogP contribution in [0, 0.1) is 17.7 Å². The lowest BCUT2D eigenvalue weighted by Crippen LogP contribution is -2.28. The van der Waals surface area contributed by atoms with E-state index in [0.29, 0.717) is 17.3 Å². The number of nitrogens with one attached hydrogen (secondary N) is 3. The van der Waals surface area contributed by atoms with Crippen molar-refractivity contribution >= 4 is 34.5 Å². The van der Waals surface area contributed by atoms with Crippen LogP contribution in [0.25, 0.3) is 10.9 Å². The van der Waals surface area contributed by atoms with Crippen molar-refractivity contribution in [1.82, 2.24) is 25.4 Å². The second-order valence-electron chi connectivity index (χ2n) is 7.31. The van der Waals surface area contributed by atoms with E-state index >= 15 is 0 Å². The fourth-order valence-corrected chi connectivity index (χ4v) is 3.34. The maximum Gasteiger partial charge on any atom is 0.248 e. The average Bonchev–Trinajstić information content (AvgIpc) is 3.33. The van der Waals surface area contributed by atoms with Gasteiger partial charge in [-0.05, 0) is 18.1 Å². The molecule has 3 aromatic rings. The molecule has 1 fully saturated rings. The number of hydrogen-bond acceptors (Lipinski definition) is 5. The number of fused-ring (bicyclic) bond motifs is 1. The van der Waals surface area contributed by atoms with Crippen LogP contribution >= 0.6 is 0 Å². The molecule has 2 amide bonds. The minimum Gasteiger partial charge on any atom is -0.294 e. The molecule has 1 saturated heterocycles. The van der Waals surface area contributed by atoms with Crippen LogP contribution in [-0.2, 0) is 16.0 Å². The highest BCUT2D eigenvalue weighted by Crippen LogP contribution is 2.31. The number of benzene rings is 1. The van der Waals surface area contributed by atoms with E-state index in [1.165, 1.54) is 11.0 Å². The summed E-state index contributed by atoms with van der Waals surface area (Å²) in [4.78, 5) is 30.6. The van der Waals surface area contributed by atoms with Gasteiger partial charge in [0.05, 0.1) is 16.8 Å². The Morgan fingerprint density at radius 3 is 2.96 bits per heavy atom. The minimum absolute atomic E-state index is 0.0118. The van der Waals surface area contributed by atoms with Crippen molar-refractivity contribution in [2.75, 3.05) is 16.8 Å². The van der Waals surface area contributed by atoms with Crippen LogP contribution in [0.2, 0.25) is 0 Å². The lowest BCUT2D eigenvalue weighted by molar-refractivity contribution is -0.122. The summed E-state index contributed by atoms with van der Waals surface area (Å²) in [5, 5.41) is 16.5. The van der Waals surface area contributed by atoms with Gasteiger partial charge in [0.25, 0.3) is 0 Å². The number of anilines is 2. The number of H-pyrrole nitrogens is 2. The van der Waals surface area contributed by atoms with Gasteiger partial charge in [-0.3, -0.25) is 30.0 Å². The summed E-state index contributed by atoms with van der Waals surface area (Å²) in [5.41, 5.74) is 0.495. The monoisotopic (exact) mass is 385 g/mol. The van der Waals surface area contributed by atoms with E-state index in [1.807, 2.05) is 0 Å². The molecule has 0 saturated carbocycles. The van der Waals surface area contributed by atoms with Gasteiger partial charge < -0.3 is 0 Å². The first kappa shape index (κ1) is 18.1. The van der Waals surface area contributed by atoms with Crippen molar-refractivity contribution in [2.45, 2.75) is 26.7 Å². The molecule has 3 heterocycles. The Morgan fingerprint density at radius 2 is 2.18 bits per heavy atom. The summed E-state index contributed by atoms with van der Waals surface area (Å²) >= 11 is 0. The molecule has 0 bridgehead atoms. The highest BCUT2D eigenvalue weighted by Gasteiger charge is 2.37. The van der Waals surface area contributed by atoms with E-state index in [0.717, 1.165) is 6.42 Å². The fraction of sp³-hybridized carbons (Fsp3) is 0.389. The third-order valence-electron chi connectivity index (χ3n) is 4.64. The van der Waals surface area contributed by atoms with Crippen LogP contribution in [0.1, 0.15) is 26.1 Å². The van der Waals surface area contributed by atoms with Crippen molar-refractivity contribution in [3.63, 3.8) is 0 Å². The maximum atomic E-state index is 14.2. The summed E-state index contributed by atoms with van der Waals surface area (Å²) in [5.74, 6) is -0.236. The van der Waals surface area contributed by atoms with Crippen molar-refractivity contribution in [2.24, 2.45) is 11.8 Å². The van der Waals surface area contributed by atoms with Crippen LogP contribution in [0.4, 0.5) is 16.2 Å². The molecule has 1 aliphatic rings. The van der Waals surface area contributed by atoms with Crippen LogP contribution in [0.15, 0.2) is 18.2 Å². The highest BCUT2D eigenvalue weighted by molar-refractivity contribution is 6.06. The van der Waals surface area contributed by atoms with Gasteiger partial charge >= 0.3 is 0 Å². The predicted molar refractivity (Wildman–Crippen MR) is 100 cm³/mol. The van der Waals surface area contributed by atoms with E-state index in [9.17, 15) is 14.0 Å². The Labute approximate surface area is 159 Å². The van der Waals surface area contributed by atoms with Crippen molar-refractivity contribution in [3.05, 3.63) is 29.8 Å². The number of carbonyl (C=O) groups excluding carboxylic acids is 2. The molecule has 0 aliphatic carbocycles. The average molecular weight is 385 g/mol. The zero-order valence-corrected chi connectivity index (χ0v) is 15.5. The minimum atomic E-state index is -0.599. The smallest absolute Gasteiger partial charge is 0.248 e. The quantitative estimate of drug-likeness (QED) is 0.621. The Hall–Kier alpha value is -3.30. The SMILES string of the molecule is CC(C)Cc1nc(NC(=O)C2CC(=O)N(c3n[nH]c4cccc(F)c34)C2)n[nH]1. The molecule has 9 nitrogen and oxygen atoms in total. The first-order valence-corrected chi connectivity index (χ1v) is 9.07. The summed E-state index contributed by atoms with van der Waals surface area (Å²) in [6.45, 7) is 4.23. The zero-order chi connectivity index (χ0) is 19.8. The van der Waals surface area contributed by atoms with Gasteiger partial charge in [0.1, 0.15) is 11.6 Å². The number of rotatable bonds is 5. The van der Waals surface area contributed by atoms with E-state index in [-0.39, 0.29) is 41.9 Å². The number of aromatic nitrogens is 5. The number of nitrogens with zero attached hydrogens (tertiary/aromatic N) is 4. The van der Waals surface area contributed by atoms with Gasteiger partial charge in [0.2, 0.25) is 17.8 Å². The summed E-state index contributed by atoms with van der Waals surface area (Å²) in [7, 11) is 0. The zero-order valence-electron chi connectivity index (χ0n) is 15.5. The number of amides is 2. The summed E-state index contributed by atoms with van der Waals surface area (Å²) in [6.07, 6.45) is 0.730. The van der Waals surface area contributed by atoms with Gasteiger partial charge in [0.15, 0.2) is 5.82 Å². The fourth-order valence-electron chi connectivity index (χ4n) is 3.34. The van der Waals surface area contributed by atoms with Crippen LogP contribution in [0.5, 0.6) is 0 Å². The van der Waals surface area contributed by atoms with E-state index < -0.39 is 11.7 Å². The highest BCUT2D eigenvalue weighted by atomic mass is 19.1. The third-order valence-corrected chi connectivity index (χ3v) is 4.64. The topological polar surface area (TPSA) is 120 Å². The lowest BCUT2D eigenvalue weighted by Gasteiger charge is -2.14. The molecule has 1 atom stereocenters. The van der Waals surface area contributed by atoms with Gasteiger partial charge in [-0.25, -0.2) is 4.39 Å². The van der Waals surface area contributed by atoms with Crippen LogP contribution < -0.4 is 10.2 Å². The Morgan fingerprint density at radius 1 is 1.36 bits per heavy atom. The summed E-state index contributed by atoms with van der Waals surface area (Å²) in [6, 6.07) is 4.55. The third kappa shape index (κ3) is 3.32. The molecule has 1 aromatic carbocycles. The van der Waals surface area contributed by atoms with Crippen molar-refractivity contribution in [1.29, 1.82) is 0 Å². The van der Waals surface area contributed by atoms with E-state index in [4.69, 9.17) is 0 Å². The van der Waals surface area contributed by atoms with Gasteiger partial charge in [0, 0.05) is 19.4 Å². The molecule has 146 valence electrons. The number of hydrogen-bond donors (Lipinski definition) is 3. The Balaban J connectivity index is 1.48. The molecule has 10 heteroatoms. The molecule has 1 unspecified atom stereocenters. The van der Waals surface area contributed by atoms with Crippen molar-refractivity contribution < 1.29 is 14.0 Å². The molecule has 1 aliphatic heterocycles. The molecular formula is C18H20FN7O2. The standard InChI is InChI=1S/C18H20FN7O2/c1-9(2)6-13-20-18(25-23-13)21-17(28)10-7-14(27)26(8-10)16-15-11(19)4-3-5-12(15)22-24-16/h3-5,9-10H,6-8H2,1-2H3,(H,22,24)(H2,20,21,23,25,28). The largest absolute Gasteiger partial charge is 0.294 e. The number of halogens is 1. The van der Waals surface area contributed by atoms with Crippen LogP contribution in [-0.4, -0.2) is 43.7 Å². The molecule has 0 radical (unpaired) electrons. The lowest BCUT2D eigenvalue weighted by atomic mass is 10.1. The number of aromatic amines is 2. The molecule has 4 rings (SSSR count). The Bertz CT molecular complexity index is 1040.